The molecule has 1 fully saturated rings. The minimum absolute atomic E-state index is 0.0744. The van der Waals surface area contributed by atoms with Gasteiger partial charge in [-0.05, 0) is 46.7 Å². The molecule has 4 aromatic rings. The molecule has 2 heterocycles. The lowest BCUT2D eigenvalue weighted by atomic mass is 9.83. The zero-order chi connectivity index (χ0) is 39.2. The second-order valence-corrected chi connectivity index (χ2v) is 17.6. The minimum Gasteiger partial charge on any atom is -0.374 e. The Morgan fingerprint density at radius 2 is 1.02 bits per heavy atom. The van der Waals surface area contributed by atoms with E-state index < -0.39 is 0 Å². The maximum atomic E-state index is 7.18. The smallest absolute Gasteiger partial charge is 0.113 e. The van der Waals surface area contributed by atoms with Gasteiger partial charge < -0.3 is 18.9 Å². The summed E-state index contributed by atoms with van der Waals surface area (Å²) in [6, 6.07) is 38.5. The van der Waals surface area contributed by atoms with E-state index in [1.54, 1.807) is 0 Å². The van der Waals surface area contributed by atoms with Crippen LogP contribution < -0.4 is 0 Å². The first-order valence-corrected chi connectivity index (χ1v) is 23.6. The van der Waals surface area contributed by atoms with Gasteiger partial charge in [0.25, 0.3) is 0 Å². The number of benzene rings is 4. The average Bonchev–Trinajstić information content (AvgIpc) is 3.26. The van der Waals surface area contributed by atoms with E-state index in [2.05, 4.69) is 110 Å². The summed E-state index contributed by atoms with van der Waals surface area (Å²) in [5.74, 6) is 1.08. The summed E-state index contributed by atoms with van der Waals surface area (Å²) in [7, 11) is 0. The maximum Gasteiger partial charge on any atom is 0.113 e. The fourth-order valence-corrected chi connectivity index (χ4v) is 9.85. The lowest BCUT2D eigenvalue weighted by Crippen LogP contribution is -2.56. The molecular weight excluding hydrogens is 721 g/mol. The molecule has 0 radical (unpaired) electrons. The predicted octanol–water partition coefficient (Wildman–Crippen LogP) is 14.0. The van der Waals surface area contributed by atoms with Crippen LogP contribution in [0.4, 0.5) is 0 Å². The van der Waals surface area contributed by atoms with Crippen molar-refractivity contribution in [1.82, 2.24) is 0 Å². The Hall–Kier alpha value is -2.93. The third kappa shape index (κ3) is 14.7. The highest BCUT2D eigenvalue weighted by Crippen LogP contribution is 2.49. The van der Waals surface area contributed by atoms with Gasteiger partial charge in [0.2, 0.25) is 0 Å². The Kier molecular flexibility index (Phi) is 19.5. The molecule has 1 saturated heterocycles. The Balaban J connectivity index is 1.04. The van der Waals surface area contributed by atoms with Gasteiger partial charge >= 0.3 is 0 Å². The molecule has 0 saturated carbocycles. The standard InChI is InChI=1S/C52H70O4S/c1-2-3-4-5-6-7-8-9-10-11-12-13-14-15-16-20-27-42-34-35-49-46(36-42)50-47(41-57-49)51(54-38-44-30-23-18-24-31-44)52(55-39-45-32-25-19-26-33-45)48(56-50)40-53-37-43-28-21-17-22-29-43/h17-19,21-26,28-36,47-48,50-52H,2-16,20,27,37-41H2,1H3/t47-,48+,50+,51+,52+/m0/s1. The number of ether oxygens (including phenoxy) is 4. The van der Waals surface area contributed by atoms with E-state index in [0.717, 1.165) is 23.3 Å². The van der Waals surface area contributed by atoms with Crippen molar-refractivity contribution in [2.45, 2.75) is 165 Å². The molecule has 5 atom stereocenters. The van der Waals surface area contributed by atoms with Crippen molar-refractivity contribution in [2.75, 3.05) is 12.4 Å². The van der Waals surface area contributed by atoms with Crippen molar-refractivity contribution < 1.29 is 18.9 Å². The van der Waals surface area contributed by atoms with Crippen molar-refractivity contribution in [2.24, 2.45) is 5.92 Å². The summed E-state index contributed by atoms with van der Waals surface area (Å²) in [5, 5.41) is 0. The molecule has 0 aliphatic carbocycles. The van der Waals surface area contributed by atoms with Crippen molar-refractivity contribution in [3.63, 3.8) is 0 Å². The summed E-state index contributed by atoms with van der Waals surface area (Å²) < 4.78 is 27.4. The number of fused-ring (bicyclic) bond motifs is 3. The highest BCUT2D eigenvalue weighted by atomic mass is 32.2. The lowest BCUT2D eigenvalue weighted by molar-refractivity contribution is -0.244. The van der Waals surface area contributed by atoms with Crippen LogP contribution in [0.15, 0.2) is 114 Å². The molecular formula is C52H70O4S. The third-order valence-electron chi connectivity index (χ3n) is 11.9. The van der Waals surface area contributed by atoms with Crippen LogP contribution in [0, 0.1) is 5.92 Å². The summed E-state index contributed by atoms with van der Waals surface area (Å²) in [6.45, 7) is 4.30. The molecule has 6 rings (SSSR count). The summed E-state index contributed by atoms with van der Waals surface area (Å²) in [6.07, 6.45) is 22.7. The topological polar surface area (TPSA) is 36.9 Å². The van der Waals surface area contributed by atoms with Crippen LogP contribution in [0.3, 0.4) is 0 Å². The lowest BCUT2D eigenvalue weighted by Gasteiger charge is -2.48. The number of hydrogen-bond acceptors (Lipinski definition) is 5. The molecule has 0 bridgehead atoms. The van der Waals surface area contributed by atoms with Gasteiger partial charge in [0, 0.05) is 16.6 Å². The summed E-state index contributed by atoms with van der Waals surface area (Å²) in [5.41, 5.74) is 6.21. The predicted molar refractivity (Wildman–Crippen MR) is 238 cm³/mol. The number of rotatable bonds is 27. The largest absolute Gasteiger partial charge is 0.374 e. The SMILES string of the molecule is CCCCCCCCCCCCCCCCCCc1ccc2c(c1)[C@H]1O[C@H](COCc3ccccc3)[C@@H](OCc3ccccc3)[C@H](OCc3ccccc3)[C@H]1CS2. The van der Waals surface area contributed by atoms with Gasteiger partial charge in [0.15, 0.2) is 0 Å². The van der Waals surface area contributed by atoms with Gasteiger partial charge in [-0.15, -0.1) is 11.8 Å². The van der Waals surface area contributed by atoms with E-state index in [-0.39, 0.29) is 30.3 Å². The monoisotopic (exact) mass is 790 g/mol. The van der Waals surface area contributed by atoms with E-state index in [0.29, 0.717) is 26.4 Å². The van der Waals surface area contributed by atoms with E-state index in [4.69, 9.17) is 18.9 Å². The number of unbranched alkanes of at least 4 members (excludes halogenated alkanes) is 15. The van der Waals surface area contributed by atoms with E-state index in [1.807, 2.05) is 17.8 Å². The van der Waals surface area contributed by atoms with Crippen molar-refractivity contribution in [3.05, 3.63) is 137 Å². The first kappa shape index (κ1) is 43.6. The second-order valence-electron chi connectivity index (χ2n) is 16.5. The van der Waals surface area contributed by atoms with Crippen LogP contribution in [-0.4, -0.2) is 30.7 Å². The van der Waals surface area contributed by atoms with Crippen LogP contribution in [0.1, 0.15) is 144 Å². The molecule has 2 aliphatic heterocycles. The Bertz CT molecular complexity index is 1630. The van der Waals surface area contributed by atoms with Crippen molar-refractivity contribution >= 4 is 11.8 Å². The zero-order valence-corrected chi connectivity index (χ0v) is 35.7. The molecule has 0 amide bonds. The van der Waals surface area contributed by atoms with Crippen LogP contribution in [-0.2, 0) is 45.2 Å². The molecule has 0 spiro atoms. The molecule has 4 nitrogen and oxygen atoms in total. The number of aryl methyl sites for hydroxylation is 1. The van der Waals surface area contributed by atoms with Crippen molar-refractivity contribution in [1.29, 1.82) is 0 Å². The highest BCUT2D eigenvalue weighted by molar-refractivity contribution is 7.99. The highest BCUT2D eigenvalue weighted by Gasteiger charge is 2.50. The van der Waals surface area contributed by atoms with E-state index in [1.165, 1.54) is 124 Å². The Morgan fingerprint density at radius 3 is 1.56 bits per heavy atom. The fraction of sp³-hybridized carbons (Fsp3) is 0.538. The summed E-state index contributed by atoms with van der Waals surface area (Å²) >= 11 is 1.94. The Labute approximate surface area is 349 Å². The average molecular weight is 791 g/mol. The summed E-state index contributed by atoms with van der Waals surface area (Å²) in [4.78, 5) is 1.33. The van der Waals surface area contributed by atoms with E-state index in [9.17, 15) is 0 Å². The van der Waals surface area contributed by atoms with Gasteiger partial charge in [-0.1, -0.05) is 206 Å². The first-order valence-electron chi connectivity index (χ1n) is 22.6. The van der Waals surface area contributed by atoms with Gasteiger partial charge in [-0.2, -0.15) is 0 Å². The molecule has 308 valence electrons. The van der Waals surface area contributed by atoms with Crippen LogP contribution in [0.25, 0.3) is 0 Å². The normalized spacial score (nSPS) is 20.3. The van der Waals surface area contributed by atoms with Gasteiger partial charge in [0.05, 0.1) is 38.6 Å². The first-order chi connectivity index (χ1) is 28.3. The second kappa shape index (κ2) is 25.5. The molecule has 4 aromatic carbocycles. The molecule has 2 aliphatic rings. The Morgan fingerprint density at radius 1 is 0.526 bits per heavy atom. The van der Waals surface area contributed by atoms with Crippen LogP contribution in [0.5, 0.6) is 0 Å². The molecule has 57 heavy (non-hydrogen) atoms. The van der Waals surface area contributed by atoms with E-state index >= 15 is 0 Å². The zero-order valence-electron chi connectivity index (χ0n) is 34.9. The quantitative estimate of drug-likeness (QED) is 0.0562. The minimum atomic E-state index is -0.278. The molecule has 5 heteroatoms. The number of thioether (sulfide) groups is 1. The molecule has 0 N–H and O–H groups in total. The van der Waals surface area contributed by atoms with Crippen LogP contribution >= 0.6 is 11.8 Å². The maximum absolute atomic E-state index is 7.18. The molecule has 0 unspecified atom stereocenters. The van der Waals surface area contributed by atoms with Crippen molar-refractivity contribution in [3.8, 4) is 0 Å². The molecule has 0 aromatic heterocycles. The van der Waals surface area contributed by atoms with Crippen LogP contribution in [0.2, 0.25) is 0 Å². The number of hydrogen-bond donors (Lipinski definition) is 0. The van der Waals surface area contributed by atoms with Gasteiger partial charge in [0.1, 0.15) is 12.2 Å². The third-order valence-corrected chi connectivity index (χ3v) is 13.2. The van der Waals surface area contributed by atoms with Gasteiger partial charge in [-0.25, -0.2) is 0 Å². The van der Waals surface area contributed by atoms with Gasteiger partial charge in [-0.3, -0.25) is 0 Å². The fourth-order valence-electron chi connectivity index (χ4n) is 8.61.